The fourth-order valence-corrected chi connectivity index (χ4v) is 1.85. The van der Waals surface area contributed by atoms with Crippen LogP contribution in [0, 0.1) is 0 Å². The number of likely N-dealkylation sites (N-methyl/N-ethyl adjacent to an activating group) is 1. The predicted molar refractivity (Wildman–Crippen MR) is 75.7 cm³/mol. The number of nitrogens with one attached hydrogen (secondary N) is 1. The van der Waals surface area contributed by atoms with Gasteiger partial charge in [-0.1, -0.05) is 0 Å². The maximum atomic E-state index is 11.7. The summed E-state index contributed by atoms with van der Waals surface area (Å²) in [5.41, 5.74) is 0. The fraction of sp³-hybridized carbons (Fsp3) is 0.929. The summed E-state index contributed by atoms with van der Waals surface area (Å²) in [5, 5.41) is 3.24. The molecule has 1 fully saturated rings. The molecule has 106 valence electrons. The van der Waals surface area contributed by atoms with Gasteiger partial charge in [0.1, 0.15) is 0 Å². The van der Waals surface area contributed by atoms with Crippen molar-refractivity contribution in [1.82, 2.24) is 15.1 Å². The molecule has 1 aliphatic rings. The van der Waals surface area contributed by atoms with Crippen molar-refractivity contribution in [3.63, 3.8) is 0 Å². The Hall–Kier alpha value is -0.610. The van der Waals surface area contributed by atoms with Crippen molar-refractivity contribution in [3.05, 3.63) is 0 Å². The van der Waals surface area contributed by atoms with Crippen LogP contribution in [-0.4, -0.2) is 61.5 Å². The van der Waals surface area contributed by atoms with Crippen LogP contribution in [0.15, 0.2) is 0 Å². The molecule has 4 nitrogen and oxygen atoms in total. The van der Waals surface area contributed by atoms with Crippen LogP contribution in [0.25, 0.3) is 0 Å². The first-order valence-corrected chi connectivity index (χ1v) is 7.19. The molecule has 1 amide bonds. The highest BCUT2D eigenvalue weighted by Gasteiger charge is 2.28. The number of nitrogens with zero attached hydrogens (tertiary/aromatic N) is 2. The maximum absolute atomic E-state index is 11.7. The Kier molecular flexibility index (Phi) is 6.65. The van der Waals surface area contributed by atoms with E-state index in [2.05, 4.69) is 31.1 Å². The predicted octanol–water partition coefficient (Wildman–Crippen LogP) is 1.32. The lowest BCUT2D eigenvalue weighted by Crippen LogP contribution is -2.37. The highest BCUT2D eigenvalue weighted by Crippen LogP contribution is 2.24. The molecule has 1 saturated carbocycles. The monoisotopic (exact) mass is 255 g/mol. The molecule has 0 unspecified atom stereocenters. The van der Waals surface area contributed by atoms with E-state index in [1.54, 1.807) is 0 Å². The van der Waals surface area contributed by atoms with Crippen molar-refractivity contribution in [2.75, 3.05) is 33.7 Å². The highest BCUT2D eigenvalue weighted by atomic mass is 16.2. The van der Waals surface area contributed by atoms with Gasteiger partial charge in [-0.2, -0.15) is 0 Å². The molecule has 0 heterocycles. The van der Waals surface area contributed by atoms with Crippen LogP contribution in [0.5, 0.6) is 0 Å². The van der Waals surface area contributed by atoms with Crippen LogP contribution < -0.4 is 5.32 Å². The van der Waals surface area contributed by atoms with Crippen LogP contribution in [0.4, 0.5) is 0 Å². The zero-order chi connectivity index (χ0) is 13.5. The van der Waals surface area contributed by atoms with Crippen LogP contribution in [0.2, 0.25) is 0 Å². The number of hydrogen-bond donors (Lipinski definition) is 1. The molecule has 1 N–H and O–H groups in total. The van der Waals surface area contributed by atoms with Gasteiger partial charge in [-0.3, -0.25) is 4.79 Å². The van der Waals surface area contributed by atoms with Gasteiger partial charge in [0.15, 0.2) is 0 Å². The van der Waals surface area contributed by atoms with Gasteiger partial charge in [-0.05, 0) is 59.7 Å². The van der Waals surface area contributed by atoms with Crippen molar-refractivity contribution >= 4 is 5.91 Å². The fourth-order valence-electron chi connectivity index (χ4n) is 1.85. The highest BCUT2D eigenvalue weighted by molar-refractivity contribution is 5.78. The van der Waals surface area contributed by atoms with Crippen LogP contribution >= 0.6 is 0 Å². The molecule has 0 atom stereocenters. The third-order valence-corrected chi connectivity index (χ3v) is 3.76. The number of hydrogen-bond acceptors (Lipinski definition) is 3. The molecular formula is C14H29N3O. The first-order valence-electron chi connectivity index (χ1n) is 7.19. The molecule has 0 aromatic rings. The van der Waals surface area contributed by atoms with Gasteiger partial charge < -0.3 is 15.1 Å². The summed E-state index contributed by atoms with van der Waals surface area (Å²) in [4.78, 5) is 16.0. The Balaban J connectivity index is 1.93. The topological polar surface area (TPSA) is 35.6 Å². The zero-order valence-electron chi connectivity index (χ0n) is 12.4. The second-order valence-corrected chi connectivity index (χ2v) is 5.69. The number of unbranched alkanes of at least 4 members (excludes halogenated alkanes) is 1. The van der Waals surface area contributed by atoms with Crippen LogP contribution in [-0.2, 0) is 4.79 Å². The smallest absolute Gasteiger partial charge is 0.236 e. The lowest BCUT2D eigenvalue weighted by Gasteiger charge is -2.20. The second-order valence-electron chi connectivity index (χ2n) is 5.69. The molecule has 0 saturated heterocycles. The average molecular weight is 255 g/mol. The van der Waals surface area contributed by atoms with Crippen molar-refractivity contribution in [2.45, 2.75) is 51.6 Å². The van der Waals surface area contributed by atoms with E-state index in [4.69, 9.17) is 0 Å². The minimum atomic E-state index is 0.233. The Morgan fingerprint density at radius 1 is 1.28 bits per heavy atom. The molecule has 0 aliphatic heterocycles. The lowest BCUT2D eigenvalue weighted by atomic mass is 10.2. The van der Waals surface area contributed by atoms with Crippen LogP contribution in [0.1, 0.15) is 39.5 Å². The molecule has 4 heteroatoms. The standard InChI is InChI=1S/C14H29N3O/c1-12(2)16(3)10-6-5-9-15-11-14(18)17(4)13-7-8-13/h12-13,15H,5-11H2,1-4H3. The summed E-state index contributed by atoms with van der Waals surface area (Å²) < 4.78 is 0. The van der Waals surface area contributed by atoms with Gasteiger partial charge in [0.05, 0.1) is 6.54 Å². The first-order chi connectivity index (χ1) is 8.52. The Morgan fingerprint density at radius 2 is 1.94 bits per heavy atom. The minimum absolute atomic E-state index is 0.233. The normalized spacial score (nSPS) is 15.4. The molecule has 0 radical (unpaired) electrons. The summed E-state index contributed by atoms with van der Waals surface area (Å²) in [5.74, 6) is 0.233. The second kappa shape index (κ2) is 7.74. The Labute approximate surface area is 112 Å². The largest absolute Gasteiger partial charge is 0.342 e. The van der Waals surface area contributed by atoms with Gasteiger partial charge in [0.25, 0.3) is 0 Å². The molecule has 0 aromatic heterocycles. The quantitative estimate of drug-likeness (QED) is 0.631. The van der Waals surface area contributed by atoms with Gasteiger partial charge in [-0.15, -0.1) is 0 Å². The number of amides is 1. The van der Waals surface area contributed by atoms with Crippen molar-refractivity contribution in [2.24, 2.45) is 0 Å². The third kappa shape index (κ3) is 5.83. The average Bonchev–Trinajstić information content (AvgIpc) is 3.15. The van der Waals surface area contributed by atoms with Gasteiger partial charge >= 0.3 is 0 Å². The Bertz CT molecular complexity index is 251. The van der Waals surface area contributed by atoms with Gasteiger partial charge in [0, 0.05) is 19.1 Å². The molecule has 0 bridgehead atoms. The molecule has 1 rings (SSSR count). The van der Waals surface area contributed by atoms with E-state index in [0.29, 0.717) is 18.6 Å². The van der Waals surface area contributed by atoms with Crippen LogP contribution in [0.3, 0.4) is 0 Å². The van der Waals surface area contributed by atoms with Crippen molar-refractivity contribution in [3.8, 4) is 0 Å². The summed E-state index contributed by atoms with van der Waals surface area (Å²) in [7, 11) is 4.07. The summed E-state index contributed by atoms with van der Waals surface area (Å²) in [6, 6.07) is 1.14. The third-order valence-electron chi connectivity index (χ3n) is 3.76. The van der Waals surface area contributed by atoms with E-state index in [0.717, 1.165) is 19.5 Å². The molecule has 1 aliphatic carbocycles. The summed E-state index contributed by atoms with van der Waals surface area (Å²) in [6.07, 6.45) is 4.69. The minimum Gasteiger partial charge on any atom is -0.342 e. The lowest BCUT2D eigenvalue weighted by molar-refractivity contribution is -0.129. The number of carbonyl (C=O) groups excluding carboxylic acids is 1. The Morgan fingerprint density at radius 3 is 2.50 bits per heavy atom. The number of rotatable bonds is 9. The van der Waals surface area contributed by atoms with Crippen molar-refractivity contribution in [1.29, 1.82) is 0 Å². The summed E-state index contributed by atoms with van der Waals surface area (Å²) in [6.45, 7) is 6.99. The first kappa shape index (κ1) is 15.4. The van der Waals surface area contributed by atoms with Gasteiger partial charge in [0.2, 0.25) is 5.91 Å². The zero-order valence-corrected chi connectivity index (χ0v) is 12.4. The summed E-state index contributed by atoms with van der Waals surface area (Å²) >= 11 is 0. The molecular weight excluding hydrogens is 226 g/mol. The number of carbonyl (C=O) groups is 1. The van der Waals surface area contributed by atoms with E-state index in [1.165, 1.54) is 19.3 Å². The molecule has 0 aromatic carbocycles. The molecule has 0 spiro atoms. The van der Waals surface area contributed by atoms with Crippen molar-refractivity contribution < 1.29 is 4.79 Å². The van der Waals surface area contributed by atoms with E-state index in [9.17, 15) is 4.79 Å². The maximum Gasteiger partial charge on any atom is 0.236 e. The van der Waals surface area contributed by atoms with E-state index < -0.39 is 0 Å². The molecule has 18 heavy (non-hydrogen) atoms. The van der Waals surface area contributed by atoms with E-state index in [1.807, 2.05) is 11.9 Å². The SMILES string of the molecule is CC(C)N(C)CCCCNCC(=O)N(C)C1CC1. The van der Waals surface area contributed by atoms with E-state index >= 15 is 0 Å². The van der Waals surface area contributed by atoms with E-state index in [-0.39, 0.29) is 5.91 Å². The van der Waals surface area contributed by atoms with Gasteiger partial charge in [-0.25, -0.2) is 0 Å².